The van der Waals surface area contributed by atoms with Gasteiger partial charge in [-0.3, -0.25) is 10.3 Å². The Hall–Kier alpha value is -3.57. The molecule has 0 aliphatic heterocycles. The second-order valence-electron chi connectivity index (χ2n) is 7.38. The summed E-state index contributed by atoms with van der Waals surface area (Å²) in [5.74, 6) is 3.38. The Labute approximate surface area is 211 Å². The van der Waals surface area contributed by atoms with Gasteiger partial charge < -0.3 is 19.5 Å². The summed E-state index contributed by atoms with van der Waals surface area (Å²) >= 11 is 2.92. The van der Waals surface area contributed by atoms with Crippen LogP contribution in [-0.2, 0) is 0 Å². The van der Waals surface area contributed by atoms with Crippen LogP contribution in [-0.4, -0.2) is 41.2 Å². The number of urea groups is 1. The lowest BCUT2D eigenvalue weighted by Crippen LogP contribution is -2.20. The normalized spacial score (nSPS) is 10.8. The average Bonchev–Trinajstić information content (AvgIpc) is 3.29. The molecule has 2 amide bonds. The van der Waals surface area contributed by atoms with E-state index in [-0.39, 0.29) is 6.03 Å². The van der Waals surface area contributed by atoms with Crippen LogP contribution in [0.25, 0.3) is 10.9 Å². The van der Waals surface area contributed by atoms with Gasteiger partial charge in [-0.25, -0.2) is 4.79 Å². The number of benzene rings is 2. The highest BCUT2D eigenvalue weighted by Gasteiger charge is 2.15. The first-order valence-corrected chi connectivity index (χ1v) is 12.6. The molecular formula is C24H25N5O4S2. The lowest BCUT2D eigenvalue weighted by Gasteiger charge is -2.16. The van der Waals surface area contributed by atoms with E-state index in [2.05, 4.69) is 25.8 Å². The number of anilines is 2. The van der Waals surface area contributed by atoms with Crippen molar-refractivity contribution in [3.8, 4) is 23.0 Å². The van der Waals surface area contributed by atoms with Crippen LogP contribution in [0.1, 0.15) is 18.1 Å². The van der Waals surface area contributed by atoms with Crippen molar-refractivity contribution in [2.45, 2.75) is 25.1 Å². The molecule has 0 fully saturated rings. The molecule has 0 atom stereocenters. The highest BCUT2D eigenvalue weighted by Crippen LogP contribution is 2.38. The highest BCUT2D eigenvalue weighted by molar-refractivity contribution is 8.01. The number of fused-ring (bicyclic) bond motifs is 1. The van der Waals surface area contributed by atoms with Gasteiger partial charge in [0.25, 0.3) is 0 Å². The molecule has 11 heteroatoms. The fourth-order valence-electron chi connectivity index (χ4n) is 3.39. The molecule has 35 heavy (non-hydrogen) atoms. The summed E-state index contributed by atoms with van der Waals surface area (Å²) in [6.07, 6.45) is 1.68. The summed E-state index contributed by atoms with van der Waals surface area (Å²) in [5.41, 5.74) is 3.17. The SMILES string of the molecule is CCSc1nnc(NC(=O)Nc2ccc(Oc3ccnc4cc(OC)c(OC)cc34)c(C)c2C)s1. The molecule has 0 aliphatic carbocycles. The summed E-state index contributed by atoms with van der Waals surface area (Å²) in [6, 6.07) is 8.71. The van der Waals surface area contributed by atoms with Gasteiger partial charge in [0, 0.05) is 23.3 Å². The molecule has 0 radical (unpaired) electrons. The van der Waals surface area contributed by atoms with Gasteiger partial charge in [0.2, 0.25) is 5.13 Å². The second kappa shape index (κ2) is 10.8. The van der Waals surface area contributed by atoms with E-state index < -0.39 is 0 Å². The topological polar surface area (TPSA) is 107 Å². The van der Waals surface area contributed by atoms with Gasteiger partial charge in [0.15, 0.2) is 15.8 Å². The number of carbonyl (C=O) groups is 1. The molecule has 0 unspecified atom stereocenters. The van der Waals surface area contributed by atoms with Crippen LogP contribution >= 0.6 is 23.1 Å². The third-order valence-electron chi connectivity index (χ3n) is 5.31. The highest BCUT2D eigenvalue weighted by atomic mass is 32.2. The number of methoxy groups -OCH3 is 2. The van der Waals surface area contributed by atoms with Gasteiger partial charge in [0.1, 0.15) is 11.5 Å². The molecule has 0 saturated carbocycles. The van der Waals surface area contributed by atoms with Crippen molar-refractivity contribution < 1.29 is 19.0 Å². The van der Waals surface area contributed by atoms with E-state index in [1.165, 1.54) is 11.3 Å². The minimum Gasteiger partial charge on any atom is -0.493 e. The number of hydrogen-bond acceptors (Lipinski definition) is 9. The number of amides is 2. The van der Waals surface area contributed by atoms with Crippen LogP contribution < -0.4 is 24.8 Å². The quantitative estimate of drug-likeness (QED) is 0.211. The number of carbonyl (C=O) groups excluding carboxylic acids is 1. The van der Waals surface area contributed by atoms with Crippen LogP contribution in [0.4, 0.5) is 15.6 Å². The number of nitrogens with one attached hydrogen (secondary N) is 2. The number of ether oxygens (including phenoxy) is 3. The third-order valence-corrected chi connectivity index (χ3v) is 7.16. The van der Waals surface area contributed by atoms with Crippen LogP contribution in [0.2, 0.25) is 0 Å². The van der Waals surface area contributed by atoms with Gasteiger partial charge in [-0.05, 0) is 55.0 Å². The summed E-state index contributed by atoms with van der Waals surface area (Å²) in [6.45, 7) is 5.91. The molecule has 4 rings (SSSR count). The average molecular weight is 512 g/mol. The van der Waals surface area contributed by atoms with E-state index in [1.54, 1.807) is 38.2 Å². The zero-order chi connectivity index (χ0) is 24.9. The van der Waals surface area contributed by atoms with E-state index in [4.69, 9.17) is 14.2 Å². The molecule has 0 spiro atoms. The summed E-state index contributed by atoms with van der Waals surface area (Å²) < 4.78 is 17.9. The first-order chi connectivity index (χ1) is 16.9. The van der Waals surface area contributed by atoms with Crippen LogP contribution in [0, 0.1) is 13.8 Å². The van der Waals surface area contributed by atoms with Crippen molar-refractivity contribution in [2.75, 3.05) is 30.6 Å². The Balaban J connectivity index is 1.54. The minimum atomic E-state index is -0.383. The molecule has 9 nitrogen and oxygen atoms in total. The van der Waals surface area contributed by atoms with Gasteiger partial charge in [-0.15, -0.1) is 10.2 Å². The molecule has 2 aromatic carbocycles. The maximum atomic E-state index is 12.5. The van der Waals surface area contributed by atoms with Crippen LogP contribution in [0.5, 0.6) is 23.0 Å². The molecular weight excluding hydrogens is 486 g/mol. The molecule has 2 aromatic heterocycles. The van der Waals surface area contributed by atoms with Crippen molar-refractivity contribution in [3.63, 3.8) is 0 Å². The van der Waals surface area contributed by atoms with E-state index in [1.807, 2.05) is 45.0 Å². The Morgan fingerprint density at radius 2 is 1.74 bits per heavy atom. The standard InChI is InChI=1S/C24H25N5O4S2/c1-6-34-24-29-28-23(35-24)27-22(30)26-16-7-8-18(14(3)13(16)2)33-19-9-10-25-17-12-21(32-5)20(31-4)11-15(17)19/h7-12H,6H2,1-5H3,(H2,26,27,28,30). The molecule has 2 N–H and O–H groups in total. The van der Waals surface area contributed by atoms with Crippen LogP contribution in [0.3, 0.4) is 0 Å². The van der Waals surface area contributed by atoms with Gasteiger partial charge in [-0.2, -0.15) is 0 Å². The number of nitrogens with zero attached hydrogens (tertiary/aromatic N) is 3. The number of hydrogen-bond donors (Lipinski definition) is 2. The molecule has 2 heterocycles. The third kappa shape index (κ3) is 5.41. The van der Waals surface area contributed by atoms with E-state index >= 15 is 0 Å². The number of aromatic nitrogens is 3. The van der Waals surface area contributed by atoms with Crippen molar-refractivity contribution in [1.82, 2.24) is 15.2 Å². The zero-order valence-corrected chi connectivity index (χ0v) is 21.6. The second-order valence-corrected chi connectivity index (χ2v) is 9.87. The van der Waals surface area contributed by atoms with E-state index in [0.717, 1.165) is 32.1 Å². The molecule has 182 valence electrons. The van der Waals surface area contributed by atoms with Gasteiger partial charge in [0.05, 0.1) is 19.7 Å². The Morgan fingerprint density at radius 1 is 0.971 bits per heavy atom. The summed E-state index contributed by atoms with van der Waals surface area (Å²) in [5, 5.41) is 14.9. The first kappa shape index (κ1) is 24.6. The predicted molar refractivity (Wildman–Crippen MR) is 140 cm³/mol. The van der Waals surface area contributed by atoms with Gasteiger partial charge >= 0.3 is 6.03 Å². The van der Waals surface area contributed by atoms with Crippen molar-refractivity contribution in [1.29, 1.82) is 0 Å². The first-order valence-electron chi connectivity index (χ1n) is 10.8. The summed E-state index contributed by atoms with van der Waals surface area (Å²) in [4.78, 5) is 16.9. The monoisotopic (exact) mass is 511 g/mol. The smallest absolute Gasteiger partial charge is 0.325 e. The molecule has 4 aromatic rings. The minimum absolute atomic E-state index is 0.383. The Morgan fingerprint density at radius 3 is 2.49 bits per heavy atom. The fourth-order valence-corrected chi connectivity index (χ4v) is 5.03. The lowest BCUT2D eigenvalue weighted by atomic mass is 10.1. The predicted octanol–water partition coefficient (Wildman–Crippen LogP) is 6.27. The molecule has 0 aliphatic rings. The van der Waals surface area contributed by atoms with Crippen LogP contribution in [0.15, 0.2) is 40.9 Å². The van der Waals surface area contributed by atoms with Crippen molar-refractivity contribution in [3.05, 3.63) is 47.7 Å². The lowest BCUT2D eigenvalue weighted by molar-refractivity contribution is 0.262. The largest absolute Gasteiger partial charge is 0.493 e. The number of thioether (sulfide) groups is 1. The summed E-state index contributed by atoms with van der Waals surface area (Å²) in [7, 11) is 3.17. The van der Waals surface area contributed by atoms with Crippen molar-refractivity contribution in [2.24, 2.45) is 0 Å². The number of rotatable bonds is 8. The number of pyridine rings is 1. The Kier molecular flexibility index (Phi) is 7.57. The van der Waals surface area contributed by atoms with Gasteiger partial charge in [-0.1, -0.05) is 30.0 Å². The van der Waals surface area contributed by atoms with E-state index in [0.29, 0.717) is 33.8 Å². The zero-order valence-electron chi connectivity index (χ0n) is 20.0. The maximum absolute atomic E-state index is 12.5. The maximum Gasteiger partial charge on any atom is 0.325 e. The molecule has 0 saturated heterocycles. The fraction of sp³-hybridized carbons (Fsp3) is 0.250. The Bertz CT molecular complexity index is 1380. The van der Waals surface area contributed by atoms with Crippen molar-refractivity contribution >= 4 is 50.9 Å². The molecule has 0 bridgehead atoms. The van der Waals surface area contributed by atoms with E-state index in [9.17, 15) is 4.79 Å².